The number of ketones is 2. The molecule has 3 rings (SSSR count). The molecule has 0 N–H and O–H groups in total. The van der Waals surface area contributed by atoms with Crippen LogP contribution in [0.5, 0.6) is 0 Å². The van der Waals surface area contributed by atoms with Crippen molar-refractivity contribution in [1.82, 2.24) is 9.80 Å². The second-order valence-corrected chi connectivity index (χ2v) is 5.86. The predicted octanol–water partition coefficient (Wildman–Crippen LogP) is 2.20. The lowest BCUT2D eigenvalue weighted by molar-refractivity contribution is 0.0740. The summed E-state index contributed by atoms with van der Waals surface area (Å²) in [5.41, 5.74) is 1.18. The van der Waals surface area contributed by atoms with E-state index in [2.05, 4.69) is 30.6 Å². The van der Waals surface area contributed by atoms with Gasteiger partial charge in [0.15, 0.2) is 11.6 Å². The molecule has 21 heavy (non-hydrogen) atoms. The van der Waals surface area contributed by atoms with Gasteiger partial charge in [0.05, 0.1) is 18.2 Å². The Bertz CT molecular complexity index is 584. The fourth-order valence-electron chi connectivity index (χ4n) is 3.88. The molecule has 3 unspecified atom stereocenters. The molecule has 1 aliphatic heterocycles. The summed E-state index contributed by atoms with van der Waals surface area (Å²) < 4.78 is 0. The first-order chi connectivity index (χ1) is 10.1. The van der Waals surface area contributed by atoms with Crippen molar-refractivity contribution in [3.05, 3.63) is 35.4 Å². The maximum Gasteiger partial charge on any atom is 0.182 e. The average Bonchev–Trinajstić information content (AvgIpc) is 2.78. The van der Waals surface area contributed by atoms with E-state index < -0.39 is 0 Å². The third kappa shape index (κ3) is 1.97. The van der Waals surface area contributed by atoms with E-state index in [9.17, 15) is 9.59 Å². The van der Waals surface area contributed by atoms with Crippen molar-refractivity contribution in [2.24, 2.45) is 0 Å². The Morgan fingerprint density at radius 2 is 1.48 bits per heavy atom. The quantitative estimate of drug-likeness (QED) is 0.854. The van der Waals surface area contributed by atoms with Crippen molar-refractivity contribution in [2.45, 2.75) is 45.4 Å². The Labute approximate surface area is 125 Å². The first-order valence-electron chi connectivity index (χ1n) is 7.80. The number of rotatable bonds is 3. The van der Waals surface area contributed by atoms with Crippen molar-refractivity contribution < 1.29 is 9.59 Å². The molecule has 0 aromatic heterocycles. The molecule has 4 nitrogen and oxygen atoms in total. The molecule has 0 amide bonds. The highest BCUT2D eigenvalue weighted by Gasteiger charge is 2.54. The van der Waals surface area contributed by atoms with Crippen LogP contribution in [0, 0.1) is 0 Å². The molecule has 1 heterocycles. The molecule has 4 heteroatoms. The molecule has 1 fully saturated rings. The highest BCUT2D eigenvalue weighted by Crippen LogP contribution is 2.35. The number of likely N-dealkylation sites (N-methyl/N-ethyl adjacent to an activating group) is 1. The zero-order chi connectivity index (χ0) is 15.1. The normalized spacial score (nSPS) is 29.6. The van der Waals surface area contributed by atoms with Gasteiger partial charge in [-0.15, -0.1) is 0 Å². The van der Waals surface area contributed by atoms with Crippen LogP contribution in [0.4, 0.5) is 0 Å². The number of carbonyl (C=O) groups excluding carboxylic acids is 2. The van der Waals surface area contributed by atoms with Gasteiger partial charge in [-0.2, -0.15) is 0 Å². The van der Waals surface area contributed by atoms with Gasteiger partial charge in [0, 0.05) is 17.7 Å². The molecule has 0 radical (unpaired) electrons. The molecular weight excluding hydrogens is 264 g/mol. The molecule has 0 spiro atoms. The average molecular weight is 286 g/mol. The summed E-state index contributed by atoms with van der Waals surface area (Å²) in [6.07, 6.45) is 1.11. The topological polar surface area (TPSA) is 40.6 Å². The van der Waals surface area contributed by atoms with Gasteiger partial charge in [0.1, 0.15) is 0 Å². The van der Waals surface area contributed by atoms with Crippen molar-refractivity contribution in [2.75, 3.05) is 13.1 Å². The van der Waals surface area contributed by atoms with Gasteiger partial charge in [0.2, 0.25) is 0 Å². The molecular formula is C17H22N2O2. The second-order valence-electron chi connectivity index (χ2n) is 5.86. The third-order valence-electron chi connectivity index (χ3n) is 4.82. The van der Waals surface area contributed by atoms with Crippen LogP contribution in [-0.2, 0) is 0 Å². The van der Waals surface area contributed by atoms with Crippen molar-refractivity contribution in [1.29, 1.82) is 0 Å². The summed E-state index contributed by atoms with van der Waals surface area (Å²) in [5, 5.41) is 0. The van der Waals surface area contributed by atoms with Crippen molar-refractivity contribution in [3.63, 3.8) is 0 Å². The van der Waals surface area contributed by atoms with Crippen LogP contribution in [-0.4, -0.2) is 52.7 Å². The second kappa shape index (κ2) is 5.35. The van der Waals surface area contributed by atoms with Crippen LogP contribution in [0.2, 0.25) is 0 Å². The summed E-state index contributed by atoms with van der Waals surface area (Å²) in [4.78, 5) is 30.2. The number of carbonyl (C=O) groups is 2. The van der Waals surface area contributed by atoms with E-state index >= 15 is 0 Å². The number of fused-ring (bicyclic) bond motifs is 2. The largest absolute Gasteiger partial charge is 0.292 e. The lowest BCUT2D eigenvalue weighted by atomic mass is 9.82. The van der Waals surface area contributed by atoms with Crippen LogP contribution in [0.25, 0.3) is 0 Å². The lowest BCUT2D eigenvalue weighted by Crippen LogP contribution is -2.51. The van der Waals surface area contributed by atoms with Crippen LogP contribution in [0.1, 0.15) is 47.9 Å². The monoisotopic (exact) mass is 286 g/mol. The molecule has 0 saturated carbocycles. The Morgan fingerprint density at radius 1 is 0.952 bits per heavy atom. The molecule has 1 aromatic carbocycles. The van der Waals surface area contributed by atoms with E-state index in [1.54, 1.807) is 12.1 Å². The summed E-state index contributed by atoms with van der Waals surface area (Å²) in [7, 11) is 0. The van der Waals surface area contributed by atoms with Gasteiger partial charge in [0.25, 0.3) is 0 Å². The Morgan fingerprint density at radius 3 is 1.95 bits per heavy atom. The highest BCUT2D eigenvalue weighted by molar-refractivity contribution is 6.19. The predicted molar refractivity (Wildman–Crippen MR) is 81.5 cm³/mol. The van der Waals surface area contributed by atoms with E-state index in [1.807, 2.05) is 12.1 Å². The van der Waals surface area contributed by atoms with Gasteiger partial charge in [-0.1, -0.05) is 38.1 Å². The van der Waals surface area contributed by atoms with E-state index in [4.69, 9.17) is 0 Å². The molecule has 112 valence electrons. The minimum absolute atomic E-state index is 0.0995. The molecule has 0 bridgehead atoms. The first-order valence-corrected chi connectivity index (χ1v) is 7.80. The number of Topliss-reactive ketones (excluding diaryl/α,β-unsaturated/α-hetero) is 2. The number of nitrogens with zero attached hydrogens (tertiary/aromatic N) is 2. The summed E-state index contributed by atoms with van der Waals surface area (Å²) in [6.45, 7) is 7.90. The maximum atomic E-state index is 12.9. The van der Waals surface area contributed by atoms with Gasteiger partial charge < -0.3 is 0 Å². The van der Waals surface area contributed by atoms with Crippen LogP contribution >= 0.6 is 0 Å². The zero-order valence-corrected chi connectivity index (χ0v) is 12.9. The van der Waals surface area contributed by atoms with Gasteiger partial charge >= 0.3 is 0 Å². The van der Waals surface area contributed by atoms with Crippen molar-refractivity contribution in [3.8, 4) is 0 Å². The SMILES string of the molecule is CCCN1C2C(=O)c3ccccc3C(=O)C2N(CC)C1C. The smallest absolute Gasteiger partial charge is 0.182 e. The fourth-order valence-corrected chi connectivity index (χ4v) is 3.88. The van der Waals surface area contributed by atoms with Gasteiger partial charge in [-0.05, 0) is 19.9 Å². The third-order valence-corrected chi connectivity index (χ3v) is 4.82. The number of hydrogen-bond donors (Lipinski definition) is 0. The summed E-state index contributed by atoms with van der Waals surface area (Å²) >= 11 is 0. The van der Waals surface area contributed by atoms with Crippen LogP contribution in [0.3, 0.4) is 0 Å². The Kier molecular flexibility index (Phi) is 3.68. The molecule has 1 saturated heterocycles. The molecule has 1 aromatic rings. The van der Waals surface area contributed by atoms with Gasteiger partial charge in [-0.25, -0.2) is 0 Å². The van der Waals surface area contributed by atoms with E-state index in [1.165, 1.54) is 0 Å². The highest BCUT2D eigenvalue weighted by atomic mass is 16.1. The van der Waals surface area contributed by atoms with Gasteiger partial charge in [-0.3, -0.25) is 19.4 Å². The lowest BCUT2D eigenvalue weighted by Gasteiger charge is -2.31. The summed E-state index contributed by atoms with van der Waals surface area (Å²) in [5.74, 6) is 0.203. The maximum absolute atomic E-state index is 12.9. The van der Waals surface area contributed by atoms with E-state index in [-0.39, 0.29) is 29.8 Å². The summed E-state index contributed by atoms with van der Waals surface area (Å²) in [6, 6.07) is 6.61. The molecule has 1 aliphatic carbocycles. The van der Waals surface area contributed by atoms with Crippen molar-refractivity contribution >= 4 is 11.6 Å². The van der Waals surface area contributed by atoms with Crippen LogP contribution < -0.4 is 0 Å². The molecule has 2 aliphatic rings. The number of benzene rings is 1. The Balaban J connectivity index is 2.11. The molecule has 3 atom stereocenters. The van der Waals surface area contributed by atoms with E-state index in [0.29, 0.717) is 11.1 Å². The van der Waals surface area contributed by atoms with E-state index in [0.717, 1.165) is 19.5 Å². The first kappa shape index (κ1) is 14.4. The Hall–Kier alpha value is -1.52. The minimum Gasteiger partial charge on any atom is -0.292 e. The number of hydrogen-bond acceptors (Lipinski definition) is 4. The van der Waals surface area contributed by atoms with Crippen LogP contribution in [0.15, 0.2) is 24.3 Å². The standard InChI is InChI=1S/C17H22N2O2/c1-4-10-19-11(3)18(5-2)14-15(19)17(21)13-9-7-6-8-12(13)16(14)20/h6-9,11,14-15H,4-5,10H2,1-3H3. The zero-order valence-electron chi connectivity index (χ0n) is 12.9. The minimum atomic E-state index is -0.320. The fraction of sp³-hybridized carbons (Fsp3) is 0.529.